The van der Waals surface area contributed by atoms with Crippen LogP contribution in [0.2, 0.25) is 0 Å². The van der Waals surface area contributed by atoms with Gasteiger partial charge in [-0.3, -0.25) is 0 Å². The number of hydrogen-bond acceptors (Lipinski definition) is 13. The number of aliphatic hydroxyl groups is 6. The number of phenolic OH excluding ortho intramolecular Hbond substituents is 1. The summed E-state index contributed by atoms with van der Waals surface area (Å²) in [4.78, 5) is 0. The van der Waals surface area contributed by atoms with Crippen LogP contribution in [0.1, 0.15) is 0 Å². The first-order valence-electron chi connectivity index (χ1n) is 9.71. The minimum Gasteiger partial charge on any atom is -0.502 e. The van der Waals surface area contributed by atoms with Crippen LogP contribution in [0.3, 0.4) is 0 Å². The summed E-state index contributed by atoms with van der Waals surface area (Å²) < 4.78 is 31.6. The van der Waals surface area contributed by atoms with Crippen molar-refractivity contribution in [2.45, 2.75) is 48.7 Å². The molecule has 0 spiro atoms. The molecule has 0 amide bonds. The van der Waals surface area contributed by atoms with E-state index in [0.717, 1.165) is 0 Å². The fourth-order valence-corrected chi connectivity index (χ4v) is 3.35. The van der Waals surface area contributed by atoms with E-state index in [4.69, 9.17) is 28.4 Å². The summed E-state index contributed by atoms with van der Waals surface area (Å²) in [5.41, 5.74) is -1.89. The molecule has 32 heavy (non-hydrogen) atoms. The molecule has 13 nitrogen and oxygen atoms in total. The van der Waals surface area contributed by atoms with Crippen molar-refractivity contribution in [1.29, 1.82) is 0 Å². The standard InChI is InChI=1S/C19H28O13/c1-27-9-3-8(4-10(28-2)12(9)21)31-17-15(24)14(23)13(22)11(32-17)5-29-18-16(25)19(26,6-20)7-30-18/h3-4,11,13-18,20-26H,5-7H2,1-2H3/t11-,13-,14+,15-,16+,17+,18-,19-/m1/s1. The summed E-state index contributed by atoms with van der Waals surface area (Å²) >= 11 is 0. The van der Waals surface area contributed by atoms with Crippen molar-refractivity contribution in [2.24, 2.45) is 0 Å². The van der Waals surface area contributed by atoms with E-state index < -0.39 is 61.9 Å². The van der Waals surface area contributed by atoms with Crippen molar-refractivity contribution in [3.63, 3.8) is 0 Å². The summed E-state index contributed by atoms with van der Waals surface area (Å²) in [6.45, 7) is -1.55. The average Bonchev–Trinajstić information content (AvgIpc) is 3.08. The number of benzene rings is 1. The Bertz CT molecular complexity index is 751. The van der Waals surface area contributed by atoms with Gasteiger partial charge in [-0.15, -0.1) is 0 Å². The van der Waals surface area contributed by atoms with Gasteiger partial charge in [0.25, 0.3) is 0 Å². The van der Waals surface area contributed by atoms with E-state index in [1.807, 2.05) is 0 Å². The highest BCUT2D eigenvalue weighted by Gasteiger charge is 2.50. The van der Waals surface area contributed by atoms with Crippen molar-refractivity contribution in [2.75, 3.05) is 34.0 Å². The summed E-state index contributed by atoms with van der Waals surface area (Å²) in [5, 5.41) is 70.0. The molecule has 2 fully saturated rings. The number of aliphatic hydroxyl groups excluding tert-OH is 5. The fourth-order valence-electron chi connectivity index (χ4n) is 3.35. The van der Waals surface area contributed by atoms with Crippen LogP contribution in [0.4, 0.5) is 0 Å². The van der Waals surface area contributed by atoms with Crippen LogP contribution in [0.15, 0.2) is 12.1 Å². The molecule has 0 bridgehead atoms. The van der Waals surface area contributed by atoms with E-state index in [1.165, 1.54) is 26.4 Å². The van der Waals surface area contributed by atoms with Gasteiger partial charge in [-0.25, -0.2) is 0 Å². The van der Waals surface area contributed by atoms with Crippen LogP contribution in [0.25, 0.3) is 0 Å². The van der Waals surface area contributed by atoms with Crippen LogP contribution >= 0.6 is 0 Å². The highest BCUT2D eigenvalue weighted by Crippen LogP contribution is 2.40. The Labute approximate surface area is 182 Å². The van der Waals surface area contributed by atoms with Crippen molar-refractivity contribution in [1.82, 2.24) is 0 Å². The molecule has 0 aromatic heterocycles. The molecule has 2 heterocycles. The number of hydrogen-bond donors (Lipinski definition) is 7. The lowest BCUT2D eigenvalue weighted by atomic mass is 9.99. The molecule has 2 aliphatic heterocycles. The van der Waals surface area contributed by atoms with Crippen LogP contribution in [0.5, 0.6) is 23.0 Å². The monoisotopic (exact) mass is 464 g/mol. The van der Waals surface area contributed by atoms with Crippen LogP contribution in [0, 0.1) is 0 Å². The maximum absolute atomic E-state index is 10.3. The van der Waals surface area contributed by atoms with Gasteiger partial charge in [0.05, 0.1) is 34.0 Å². The number of rotatable bonds is 8. The molecule has 0 unspecified atom stereocenters. The molecule has 2 saturated heterocycles. The third-order valence-corrected chi connectivity index (χ3v) is 5.38. The Morgan fingerprint density at radius 2 is 1.62 bits per heavy atom. The minimum absolute atomic E-state index is 0.0221. The first kappa shape index (κ1) is 24.7. The lowest BCUT2D eigenvalue weighted by Gasteiger charge is -2.40. The van der Waals surface area contributed by atoms with Gasteiger partial charge in [0.15, 0.2) is 17.8 Å². The average molecular weight is 464 g/mol. The number of ether oxygens (including phenoxy) is 6. The second kappa shape index (κ2) is 9.91. The topological polar surface area (TPSA) is 197 Å². The molecule has 1 aromatic carbocycles. The first-order valence-corrected chi connectivity index (χ1v) is 9.71. The van der Waals surface area contributed by atoms with Gasteiger partial charge in [-0.2, -0.15) is 0 Å². The highest BCUT2D eigenvalue weighted by atomic mass is 16.7. The quantitative estimate of drug-likeness (QED) is 0.206. The zero-order valence-electron chi connectivity index (χ0n) is 17.4. The van der Waals surface area contributed by atoms with Crippen molar-refractivity contribution >= 4 is 0 Å². The maximum Gasteiger partial charge on any atom is 0.229 e. The third-order valence-electron chi connectivity index (χ3n) is 5.38. The zero-order chi connectivity index (χ0) is 23.6. The van der Waals surface area contributed by atoms with Crippen molar-refractivity contribution in [3.8, 4) is 23.0 Å². The zero-order valence-corrected chi connectivity index (χ0v) is 17.4. The Kier molecular flexibility index (Phi) is 7.65. The summed E-state index contributed by atoms with van der Waals surface area (Å²) in [5.74, 6) is -0.166. The lowest BCUT2D eigenvalue weighted by molar-refractivity contribution is -0.289. The molecule has 0 aliphatic carbocycles. The van der Waals surface area contributed by atoms with Gasteiger partial charge in [0, 0.05) is 12.1 Å². The van der Waals surface area contributed by atoms with Crippen LogP contribution in [-0.2, 0) is 14.2 Å². The maximum atomic E-state index is 10.3. The molecule has 2 aliphatic rings. The van der Waals surface area contributed by atoms with E-state index >= 15 is 0 Å². The summed E-state index contributed by atoms with van der Waals surface area (Å²) in [7, 11) is 2.63. The van der Waals surface area contributed by atoms with Gasteiger partial charge < -0.3 is 64.2 Å². The Balaban J connectivity index is 1.69. The molecular weight excluding hydrogens is 436 g/mol. The second-order valence-corrected chi connectivity index (χ2v) is 7.53. The normalized spacial score (nSPS) is 37.3. The van der Waals surface area contributed by atoms with Crippen LogP contribution < -0.4 is 14.2 Å². The Morgan fingerprint density at radius 3 is 2.16 bits per heavy atom. The van der Waals surface area contributed by atoms with Gasteiger partial charge in [-0.05, 0) is 0 Å². The predicted octanol–water partition coefficient (Wildman–Crippen LogP) is -2.95. The lowest BCUT2D eigenvalue weighted by Crippen LogP contribution is -2.60. The molecule has 3 rings (SSSR count). The number of phenols is 1. The SMILES string of the molecule is COc1cc(O[C@H]2O[C@H](CO[C@@H]3OC[C@](O)(CO)[C@H]3O)[C@@H](O)[C@H](O)[C@H]2O)cc(OC)c1O. The van der Waals surface area contributed by atoms with Gasteiger partial charge in [0.1, 0.15) is 41.9 Å². The van der Waals surface area contributed by atoms with Gasteiger partial charge in [0.2, 0.25) is 12.0 Å². The molecule has 13 heteroatoms. The van der Waals surface area contributed by atoms with E-state index in [2.05, 4.69) is 0 Å². The van der Waals surface area contributed by atoms with E-state index in [1.54, 1.807) is 0 Å². The molecule has 182 valence electrons. The Morgan fingerprint density at radius 1 is 1.00 bits per heavy atom. The Hall–Kier alpha value is -1.94. The highest BCUT2D eigenvalue weighted by molar-refractivity contribution is 5.54. The molecule has 1 aromatic rings. The molecule has 0 saturated carbocycles. The molecule has 7 N–H and O–H groups in total. The third kappa shape index (κ3) is 4.71. The summed E-state index contributed by atoms with van der Waals surface area (Å²) in [6.07, 6.45) is -10.5. The predicted molar refractivity (Wildman–Crippen MR) is 102 cm³/mol. The van der Waals surface area contributed by atoms with Gasteiger partial charge >= 0.3 is 0 Å². The minimum atomic E-state index is -1.89. The van der Waals surface area contributed by atoms with E-state index in [0.29, 0.717) is 0 Å². The summed E-state index contributed by atoms with van der Waals surface area (Å²) in [6, 6.07) is 2.60. The van der Waals surface area contributed by atoms with Crippen LogP contribution in [-0.4, -0.2) is 118 Å². The smallest absolute Gasteiger partial charge is 0.229 e. The first-order chi connectivity index (χ1) is 15.1. The fraction of sp³-hybridized carbons (Fsp3) is 0.684. The molecular formula is C19H28O13. The van der Waals surface area contributed by atoms with Crippen molar-refractivity contribution in [3.05, 3.63) is 12.1 Å². The van der Waals surface area contributed by atoms with E-state index in [9.17, 15) is 35.7 Å². The van der Waals surface area contributed by atoms with E-state index in [-0.39, 0.29) is 29.6 Å². The van der Waals surface area contributed by atoms with Crippen molar-refractivity contribution < 1.29 is 64.2 Å². The number of methoxy groups -OCH3 is 2. The second-order valence-electron chi connectivity index (χ2n) is 7.53. The molecule has 8 atom stereocenters. The largest absolute Gasteiger partial charge is 0.502 e. The number of aromatic hydroxyl groups is 1. The molecule has 0 radical (unpaired) electrons. The van der Waals surface area contributed by atoms with Gasteiger partial charge in [-0.1, -0.05) is 0 Å².